The number of unbranched alkanes of at least 4 members (excludes halogenated alkanes) is 5. The Morgan fingerprint density at radius 3 is 2.45 bits per heavy atom. The number of rotatable bonds is 10. The maximum atomic E-state index is 13.0. The van der Waals surface area contributed by atoms with Crippen LogP contribution in [0.15, 0.2) is 18.2 Å². The highest BCUT2D eigenvalue weighted by Crippen LogP contribution is 2.32. The minimum absolute atomic E-state index is 0.111. The van der Waals surface area contributed by atoms with E-state index in [1.807, 2.05) is 0 Å². The number of benzene rings is 1. The highest BCUT2D eigenvalue weighted by molar-refractivity contribution is 6.25. The maximum Gasteiger partial charge on any atom is 0.264 e. The molecule has 2 N–H and O–H groups in total. The molecule has 0 bridgehead atoms. The fraction of sp³-hybridized carbons (Fsp3) is 0.524. The number of amides is 4. The number of imide groups is 2. The minimum Gasteiger partial charge on any atom is -0.384 e. The van der Waals surface area contributed by atoms with E-state index in [9.17, 15) is 19.2 Å². The van der Waals surface area contributed by atoms with Crippen LogP contribution in [-0.2, 0) is 9.59 Å². The van der Waals surface area contributed by atoms with Gasteiger partial charge in [-0.25, -0.2) is 0 Å². The molecular formula is C21H26ClN3O4. The van der Waals surface area contributed by atoms with E-state index in [1.165, 1.54) is 6.42 Å². The zero-order chi connectivity index (χ0) is 20.8. The van der Waals surface area contributed by atoms with E-state index in [-0.39, 0.29) is 18.7 Å². The quantitative estimate of drug-likeness (QED) is 0.345. The average Bonchev–Trinajstić information content (AvgIpc) is 2.95. The molecule has 1 atom stereocenters. The molecule has 7 nitrogen and oxygen atoms in total. The van der Waals surface area contributed by atoms with Crippen molar-refractivity contribution in [3.05, 3.63) is 29.3 Å². The van der Waals surface area contributed by atoms with Crippen LogP contribution in [0.3, 0.4) is 0 Å². The number of nitrogens with zero attached hydrogens (tertiary/aromatic N) is 1. The van der Waals surface area contributed by atoms with E-state index in [0.717, 1.165) is 37.0 Å². The molecule has 2 aliphatic rings. The van der Waals surface area contributed by atoms with Gasteiger partial charge in [-0.05, 0) is 31.4 Å². The van der Waals surface area contributed by atoms with Crippen LogP contribution in [0.2, 0.25) is 0 Å². The molecule has 4 amide bonds. The largest absolute Gasteiger partial charge is 0.384 e. The average molecular weight is 420 g/mol. The van der Waals surface area contributed by atoms with Crippen LogP contribution in [0.4, 0.5) is 5.69 Å². The van der Waals surface area contributed by atoms with E-state index >= 15 is 0 Å². The number of alkyl halides is 1. The summed E-state index contributed by atoms with van der Waals surface area (Å²) < 4.78 is 0. The van der Waals surface area contributed by atoms with E-state index in [0.29, 0.717) is 29.2 Å². The molecule has 1 unspecified atom stereocenters. The van der Waals surface area contributed by atoms with Gasteiger partial charge in [-0.2, -0.15) is 0 Å². The van der Waals surface area contributed by atoms with Crippen LogP contribution in [0.1, 0.15) is 72.1 Å². The van der Waals surface area contributed by atoms with Gasteiger partial charge in [0.25, 0.3) is 11.8 Å². The summed E-state index contributed by atoms with van der Waals surface area (Å²) in [6.07, 6.45) is 6.82. The summed E-state index contributed by atoms with van der Waals surface area (Å²) in [5, 5.41) is 5.47. The van der Waals surface area contributed by atoms with Gasteiger partial charge < -0.3 is 5.32 Å². The second-order valence-electron chi connectivity index (χ2n) is 7.41. The van der Waals surface area contributed by atoms with Crippen molar-refractivity contribution >= 4 is 40.9 Å². The van der Waals surface area contributed by atoms with Gasteiger partial charge >= 0.3 is 0 Å². The Morgan fingerprint density at radius 1 is 1.00 bits per heavy atom. The number of carbonyl (C=O) groups excluding carboxylic acids is 4. The molecule has 1 aromatic carbocycles. The van der Waals surface area contributed by atoms with Gasteiger partial charge in [0.1, 0.15) is 6.04 Å². The van der Waals surface area contributed by atoms with Crippen LogP contribution >= 0.6 is 11.6 Å². The summed E-state index contributed by atoms with van der Waals surface area (Å²) in [5.74, 6) is -1.23. The Morgan fingerprint density at radius 2 is 1.72 bits per heavy atom. The van der Waals surface area contributed by atoms with Crippen molar-refractivity contribution in [2.24, 2.45) is 0 Å². The van der Waals surface area contributed by atoms with Crippen LogP contribution in [-0.4, -0.2) is 47.0 Å². The Bertz CT molecular complexity index is 811. The third-order valence-corrected chi connectivity index (χ3v) is 5.61. The monoisotopic (exact) mass is 419 g/mol. The Hall–Kier alpha value is -2.41. The lowest BCUT2D eigenvalue weighted by molar-refractivity contribution is -0.136. The van der Waals surface area contributed by atoms with Gasteiger partial charge in [0.05, 0.1) is 11.1 Å². The van der Waals surface area contributed by atoms with Gasteiger partial charge in [0.15, 0.2) is 0 Å². The fourth-order valence-electron chi connectivity index (χ4n) is 3.81. The predicted octanol–water partition coefficient (Wildman–Crippen LogP) is 3.08. The molecule has 0 radical (unpaired) electrons. The number of halogens is 1. The van der Waals surface area contributed by atoms with Crippen molar-refractivity contribution < 1.29 is 19.2 Å². The van der Waals surface area contributed by atoms with Crippen LogP contribution in [0.25, 0.3) is 0 Å². The molecule has 1 fully saturated rings. The summed E-state index contributed by atoms with van der Waals surface area (Å²) in [7, 11) is 0. The number of hydrogen-bond donors (Lipinski definition) is 2. The number of nitrogens with one attached hydrogen (secondary N) is 2. The first-order valence-electron chi connectivity index (χ1n) is 10.2. The molecule has 8 heteroatoms. The van der Waals surface area contributed by atoms with E-state index < -0.39 is 23.8 Å². The van der Waals surface area contributed by atoms with Crippen molar-refractivity contribution in [1.82, 2.24) is 10.2 Å². The lowest BCUT2D eigenvalue weighted by atomic mass is 10.0. The van der Waals surface area contributed by atoms with Crippen molar-refractivity contribution in [2.75, 3.05) is 17.7 Å². The Kier molecular flexibility index (Phi) is 7.25. The number of piperidine rings is 1. The lowest BCUT2D eigenvalue weighted by Gasteiger charge is -2.27. The number of hydrogen-bond acceptors (Lipinski definition) is 5. The van der Waals surface area contributed by atoms with Crippen LogP contribution in [0, 0.1) is 0 Å². The molecule has 3 rings (SSSR count). The third-order valence-electron chi connectivity index (χ3n) is 5.34. The topological polar surface area (TPSA) is 95.6 Å². The van der Waals surface area contributed by atoms with Gasteiger partial charge in [0, 0.05) is 24.5 Å². The molecule has 29 heavy (non-hydrogen) atoms. The van der Waals surface area contributed by atoms with Crippen molar-refractivity contribution in [2.45, 2.75) is 57.4 Å². The predicted molar refractivity (Wildman–Crippen MR) is 110 cm³/mol. The summed E-state index contributed by atoms with van der Waals surface area (Å²) >= 11 is 5.67. The minimum atomic E-state index is -0.944. The zero-order valence-electron chi connectivity index (χ0n) is 16.3. The number of fused-ring (bicyclic) bond motifs is 1. The fourth-order valence-corrected chi connectivity index (χ4v) is 4.00. The normalized spacial score (nSPS) is 18.8. The molecule has 0 aromatic heterocycles. The van der Waals surface area contributed by atoms with Crippen molar-refractivity contribution in [3.63, 3.8) is 0 Å². The Labute approximate surface area is 175 Å². The highest BCUT2D eigenvalue weighted by Gasteiger charge is 2.45. The SMILES string of the molecule is O=C1CCC(N2C(=O)c3cccc(NCCCCCCCCCl)c3C2=O)C(=O)N1. The second-order valence-corrected chi connectivity index (χ2v) is 7.79. The summed E-state index contributed by atoms with van der Waals surface area (Å²) in [4.78, 5) is 50.3. The first-order valence-corrected chi connectivity index (χ1v) is 10.7. The molecule has 0 saturated carbocycles. The summed E-state index contributed by atoms with van der Waals surface area (Å²) in [6.45, 7) is 0.700. The summed E-state index contributed by atoms with van der Waals surface area (Å²) in [6, 6.07) is 4.16. The van der Waals surface area contributed by atoms with Crippen LogP contribution in [0.5, 0.6) is 0 Å². The zero-order valence-corrected chi connectivity index (χ0v) is 17.1. The van der Waals surface area contributed by atoms with Crippen molar-refractivity contribution in [1.29, 1.82) is 0 Å². The van der Waals surface area contributed by atoms with E-state index in [2.05, 4.69) is 10.6 Å². The molecule has 0 spiro atoms. The molecule has 156 valence electrons. The standard InChI is InChI=1S/C21H26ClN3O4/c22-12-5-3-1-2-4-6-13-23-15-9-7-8-14-18(15)21(29)25(20(14)28)16-10-11-17(26)24-19(16)27/h7-9,16,23H,1-6,10-13H2,(H,24,26,27). The van der Waals surface area contributed by atoms with Gasteiger partial charge in [-0.1, -0.05) is 31.7 Å². The number of carbonyl (C=O) groups is 4. The third kappa shape index (κ3) is 4.78. The molecular weight excluding hydrogens is 394 g/mol. The first-order chi connectivity index (χ1) is 14.0. The molecule has 2 heterocycles. The van der Waals surface area contributed by atoms with Gasteiger partial charge in [-0.15, -0.1) is 11.6 Å². The number of anilines is 1. The lowest BCUT2D eigenvalue weighted by Crippen LogP contribution is -2.54. The molecule has 1 aromatic rings. The van der Waals surface area contributed by atoms with Gasteiger partial charge in [0.2, 0.25) is 11.8 Å². The first kappa shape index (κ1) is 21.3. The van der Waals surface area contributed by atoms with Crippen molar-refractivity contribution in [3.8, 4) is 0 Å². The second kappa shape index (κ2) is 9.87. The van der Waals surface area contributed by atoms with E-state index in [4.69, 9.17) is 11.6 Å². The smallest absolute Gasteiger partial charge is 0.264 e. The maximum absolute atomic E-state index is 13.0. The van der Waals surface area contributed by atoms with E-state index in [1.54, 1.807) is 18.2 Å². The molecule has 2 aliphatic heterocycles. The molecule has 1 saturated heterocycles. The Balaban J connectivity index is 1.61. The highest BCUT2D eigenvalue weighted by atomic mass is 35.5. The molecule has 0 aliphatic carbocycles. The summed E-state index contributed by atoms with van der Waals surface area (Å²) in [5.41, 5.74) is 1.22. The van der Waals surface area contributed by atoms with Crippen LogP contribution < -0.4 is 10.6 Å². The van der Waals surface area contributed by atoms with Gasteiger partial charge in [-0.3, -0.25) is 29.4 Å².